The Morgan fingerprint density at radius 2 is 1.96 bits per heavy atom. The van der Waals surface area contributed by atoms with Crippen LogP contribution in [0.5, 0.6) is 5.75 Å². The molecule has 0 unspecified atom stereocenters. The maximum atomic E-state index is 12.6. The minimum atomic E-state index is -0.0917. The van der Waals surface area contributed by atoms with Crippen LogP contribution in [-0.2, 0) is 0 Å². The molecule has 0 atom stereocenters. The Morgan fingerprint density at radius 3 is 2.65 bits per heavy atom. The van der Waals surface area contributed by atoms with Crippen molar-refractivity contribution >= 4 is 17.1 Å². The van der Waals surface area contributed by atoms with Crippen LogP contribution in [-0.4, -0.2) is 45.5 Å². The van der Waals surface area contributed by atoms with E-state index in [0.29, 0.717) is 18.7 Å². The molecule has 6 nitrogen and oxygen atoms in total. The lowest BCUT2D eigenvalue weighted by Crippen LogP contribution is -2.31. The zero-order valence-corrected chi connectivity index (χ0v) is 15.6. The molecule has 26 heavy (non-hydrogen) atoms. The van der Waals surface area contributed by atoms with Crippen molar-refractivity contribution in [2.75, 3.05) is 20.2 Å². The van der Waals surface area contributed by atoms with Crippen LogP contribution in [0.15, 0.2) is 42.9 Å². The van der Waals surface area contributed by atoms with Gasteiger partial charge in [0.25, 0.3) is 5.91 Å². The van der Waals surface area contributed by atoms with Gasteiger partial charge in [-0.15, -0.1) is 0 Å². The average Bonchev–Trinajstić information content (AvgIpc) is 3.06. The first kappa shape index (κ1) is 17.9. The van der Waals surface area contributed by atoms with E-state index in [-0.39, 0.29) is 11.9 Å². The number of fused-ring (bicyclic) bond motifs is 1. The molecule has 1 amide bonds. The molecule has 0 N–H and O–H groups in total. The van der Waals surface area contributed by atoms with E-state index in [1.807, 2.05) is 35.8 Å². The summed E-state index contributed by atoms with van der Waals surface area (Å²) in [6, 6.07) is 9.93. The lowest BCUT2D eigenvalue weighted by atomic mass is 10.2. The smallest absolute Gasteiger partial charge is 0.255 e. The maximum absolute atomic E-state index is 12.6. The summed E-state index contributed by atoms with van der Waals surface area (Å²) in [6.07, 6.45) is 3.37. The lowest BCUT2D eigenvalue weighted by molar-refractivity contribution is 0.0773. The van der Waals surface area contributed by atoms with E-state index >= 15 is 0 Å². The molecule has 0 saturated carbocycles. The summed E-state index contributed by atoms with van der Waals surface area (Å²) in [5.74, 6) is 0.713. The SMILES string of the molecule is Cc1ccc(OCCN(C)C(=O)c2cnc3c(c2)ncn3C(C)C)cc1. The van der Waals surface area contributed by atoms with Gasteiger partial charge in [-0.3, -0.25) is 4.79 Å². The van der Waals surface area contributed by atoms with E-state index in [1.165, 1.54) is 5.56 Å². The van der Waals surface area contributed by atoms with E-state index in [0.717, 1.165) is 16.9 Å². The van der Waals surface area contributed by atoms with Gasteiger partial charge in [0.1, 0.15) is 17.9 Å². The van der Waals surface area contributed by atoms with E-state index in [2.05, 4.69) is 23.8 Å². The third kappa shape index (κ3) is 3.85. The van der Waals surface area contributed by atoms with Crippen LogP contribution < -0.4 is 4.74 Å². The number of carbonyl (C=O) groups excluding carboxylic acids is 1. The van der Waals surface area contributed by atoms with Gasteiger partial charge in [0.2, 0.25) is 0 Å². The Labute approximate surface area is 153 Å². The van der Waals surface area contributed by atoms with Crippen molar-refractivity contribution in [3.8, 4) is 5.75 Å². The topological polar surface area (TPSA) is 60.2 Å². The summed E-state index contributed by atoms with van der Waals surface area (Å²) in [7, 11) is 1.76. The molecular formula is C20H24N4O2. The molecule has 0 radical (unpaired) electrons. The molecule has 0 spiro atoms. The van der Waals surface area contributed by atoms with Gasteiger partial charge in [-0.25, -0.2) is 9.97 Å². The third-order valence-corrected chi connectivity index (χ3v) is 4.28. The van der Waals surface area contributed by atoms with E-state index < -0.39 is 0 Å². The van der Waals surface area contributed by atoms with Gasteiger partial charge in [0.15, 0.2) is 5.65 Å². The monoisotopic (exact) mass is 352 g/mol. The number of nitrogens with zero attached hydrogens (tertiary/aromatic N) is 4. The number of aromatic nitrogens is 3. The summed E-state index contributed by atoms with van der Waals surface area (Å²) in [5.41, 5.74) is 3.24. The second kappa shape index (κ2) is 7.56. The maximum Gasteiger partial charge on any atom is 0.255 e. The van der Waals surface area contributed by atoms with Gasteiger partial charge >= 0.3 is 0 Å². The van der Waals surface area contributed by atoms with Crippen molar-refractivity contribution in [2.45, 2.75) is 26.8 Å². The van der Waals surface area contributed by atoms with Gasteiger partial charge < -0.3 is 14.2 Å². The van der Waals surface area contributed by atoms with E-state index in [9.17, 15) is 4.79 Å². The van der Waals surface area contributed by atoms with Crippen molar-refractivity contribution < 1.29 is 9.53 Å². The fourth-order valence-electron chi connectivity index (χ4n) is 2.67. The number of ether oxygens (including phenoxy) is 1. The molecule has 6 heteroatoms. The Kier molecular flexibility index (Phi) is 5.21. The molecule has 0 fully saturated rings. The number of carbonyl (C=O) groups is 1. The Morgan fingerprint density at radius 1 is 1.23 bits per heavy atom. The van der Waals surface area contributed by atoms with Crippen molar-refractivity contribution in [3.63, 3.8) is 0 Å². The number of benzene rings is 1. The predicted molar refractivity (Wildman–Crippen MR) is 102 cm³/mol. The van der Waals surface area contributed by atoms with Crippen LogP contribution in [0, 0.1) is 6.92 Å². The van der Waals surface area contributed by atoms with E-state index in [4.69, 9.17) is 4.74 Å². The summed E-state index contributed by atoms with van der Waals surface area (Å²) < 4.78 is 7.68. The summed E-state index contributed by atoms with van der Waals surface area (Å²) in [4.78, 5) is 23.0. The van der Waals surface area contributed by atoms with Crippen molar-refractivity contribution in [1.82, 2.24) is 19.4 Å². The molecule has 0 aliphatic heterocycles. The quantitative estimate of drug-likeness (QED) is 0.681. The molecule has 0 bridgehead atoms. The highest BCUT2D eigenvalue weighted by Crippen LogP contribution is 2.17. The molecule has 2 aromatic heterocycles. The molecule has 2 heterocycles. The Bertz CT molecular complexity index is 900. The first-order valence-electron chi connectivity index (χ1n) is 8.73. The van der Waals surface area contributed by atoms with Crippen LogP contribution in [0.2, 0.25) is 0 Å². The molecule has 0 aliphatic carbocycles. The number of aryl methyl sites for hydroxylation is 1. The lowest BCUT2D eigenvalue weighted by Gasteiger charge is -2.17. The number of amides is 1. The minimum absolute atomic E-state index is 0.0917. The van der Waals surface area contributed by atoms with Gasteiger partial charge in [-0.05, 0) is 39.0 Å². The summed E-state index contributed by atoms with van der Waals surface area (Å²) in [5, 5.41) is 0. The number of rotatable bonds is 6. The first-order chi connectivity index (χ1) is 12.5. The van der Waals surface area contributed by atoms with Gasteiger partial charge in [0, 0.05) is 19.3 Å². The highest BCUT2D eigenvalue weighted by Gasteiger charge is 2.15. The minimum Gasteiger partial charge on any atom is -0.492 e. The molecule has 0 saturated heterocycles. The zero-order valence-electron chi connectivity index (χ0n) is 15.6. The van der Waals surface area contributed by atoms with Crippen LogP contribution in [0.25, 0.3) is 11.2 Å². The third-order valence-electron chi connectivity index (χ3n) is 4.28. The Hall–Kier alpha value is -2.89. The fraction of sp³-hybridized carbons (Fsp3) is 0.350. The molecule has 0 aliphatic rings. The second-order valence-corrected chi connectivity index (χ2v) is 6.70. The zero-order chi connectivity index (χ0) is 18.7. The summed E-state index contributed by atoms with van der Waals surface area (Å²) in [6.45, 7) is 7.10. The first-order valence-corrected chi connectivity index (χ1v) is 8.73. The van der Waals surface area contributed by atoms with Gasteiger partial charge in [0.05, 0.1) is 18.4 Å². The predicted octanol–water partition coefficient (Wildman–Crippen LogP) is 3.47. The largest absolute Gasteiger partial charge is 0.492 e. The van der Waals surface area contributed by atoms with Crippen LogP contribution in [0.4, 0.5) is 0 Å². The van der Waals surface area contributed by atoms with Crippen molar-refractivity contribution in [3.05, 3.63) is 54.0 Å². The number of pyridine rings is 1. The highest BCUT2D eigenvalue weighted by atomic mass is 16.5. The normalized spacial score (nSPS) is 11.1. The van der Waals surface area contributed by atoms with Crippen LogP contribution >= 0.6 is 0 Å². The molecule has 3 rings (SSSR count). The van der Waals surface area contributed by atoms with Gasteiger partial charge in [-0.1, -0.05) is 17.7 Å². The molecule has 136 valence electrons. The standard InChI is InChI=1S/C20H24N4O2/c1-14(2)24-13-22-18-11-16(12-21-19(18)24)20(25)23(4)9-10-26-17-7-5-15(3)6-8-17/h5-8,11-14H,9-10H2,1-4H3. The van der Waals surface area contributed by atoms with E-state index in [1.54, 1.807) is 30.5 Å². The second-order valence-electron chi connectivity index (χ2n) is 6.70. The number of imidazole rings is 1. The van der Waals surface area contributed by atoms with Crippen molar-refractivity contribution in [1.29, 1.82) is 0 Å². The van der Waals surface area contributed by atoms with Gasteiger partial charge in [-0.2, -0.15) is 0 Å². The van der Waals surface area contributed by atoms with Crippen LogP contribution in [0.1, 0.15) is 35.8 Å². The van der Waals surface area contributed by atoms with Crippen LogP contribution in [0.3, 0.4) is 0 Å². The Balaban J connectivity index is 1.62. The highest BCUT2D eigenvalue weighted by molar-refractivity contribution is 5.96. The number of likely N-dealkylation sites (N-methyl/N-ethyl adjacent to an activating group) is 1. The molecule has 1 aromatic carbocycles. The average molecular weight is 352 g/mol. The fourth-order valence-corrected chi connectivity index (χ4v) is 2.67. The number of hydrogen-bond donors (Lipinski definition) is 0. The summed E-state index contributed by atoms with van der Waals surface area (Å²) >= 11 is 0. The molecule has 3 aromatic rings. The molecular weight excluding hydrogens is 328 g/mol. The van der Waals surface area contributed by atoms with Crippen molar-refractivity contribution in [2.24, 2.45) is 0 Å². The number of hydrogen-bond acceptors (Lipinski definition) is 4.